The zero-order valence-electron chi connectivity index (χ0n) is 21.4. The molecule has 0 aliphatic rings. The number of hydrogen-bond acceptors (Lipinski definition) is 8. The zero-order valence-corrected chi connectivity index (χ0v) is 22.1. The van der Waals surface area contributed by atoms with E-state index >= 15 is 0 Å². The van der Waals surface area contributed by atoms with E-state index in [4.69, 9.17) is 32.4 Å². The van der Waals surface area contributed by atoms with Crippen molar-refractivity contribution >= 4 is 47.1 Å². The molecule has 0 aromatic heterocycles. The third-order valence-electron chi connectivity index (χ3n) is 5.65. The number of nitrogens with one attached hydrogen (secondary N) is 4. The number of rotatable bonds is 12. The van der Waals surface area contributed by atoms with Gasteiger partial charge in [0, 0.05) is 17.3 Å². The lowest BCUT2D eigenvalue weighted by Crippen LogP contribution is -2.38. The summed E-state index contributed by atoms with van der Waals surface area (Å²) in [5, 5.41) is 31.7. The van der Waals surface area contributed by atoms with Crippen LogP contribution in [0.25, 0.3) is 0 Å². The number of aliphatic carboxylic acids is 1. The van der Waals surface area contributed by atoms with Gasteiger partial charge in [-0.25, -0.2) is 15.0 Å². The van der Waals surface area contributed by atoms with E-state index in [1.165, 1.54) is 42.5 Å². The average Bonchev–Trinajstić information content (AvgIpc) is 2.92. The molecule has 0 fully saturated rings. The van der Waals surface area contributed by atoms with E-state index in [0.29, 0.717) is 16.8 Å². The quantitative estimate of drug-likeness (QED) is 0.0459. The lowest BCUT2D eigenvalue weighted by Gasteiger charge is -2.21. The van der Waals surface area contributed by atoms with Gasteiger partial charge < -0.3 is 25.2 Å². The lowest BCUT2D eigenvalue weighted by atomic mass is 10.1. The zero-order chi connectivity index (χ0) is 29.9. The summed E-state index contributed by atoms with van der Waals surface area (Å²) in [6.45, 7) is -0.512. The Balaban J connectivity index is 1.61. The number of carboxylic acid groups (broad SMARTS) is 2. The fourth-order valence-electron chi connectivity index (χ4n) is 3.69. The van der Waals surface area contributed by atoms with Gasteiger partial charge in [0.15, 0.2) is 0 Å². The molecule has 0 spiro atoms. The van der Waals surface area contributed by atoms with Crippen LogP contribution in [-0.4, -0.2) is 58.0 Å². The molecule has 212 valence electrons. The van der Waals surface area contributed by atoms with Crippen LogP contribution in [0.15, 0.2) is 72.0 Å². The molecule has 0 radical (unpaired) electrons. The molecular formula is C27H25ClN6O7. The van der Waals surface area contributed by atoms with Gasteiger partial charge in [-0.1, -0.05) is 35.0 Å². The number of benzene rings is 3. The Morgan fingerprint density at radius 2 is 1.71 bits per heavy atom. The van der Waals surface area contributed by atoms with Gasteiger partial charge in [0.25, 0.3) is 0 Å². The summed E-state index contributed by atoms with van der Waals surface area (Å²) in [6, 6.07) is 16.5. The Morgan fingerprint density at radius 3 is 2.34 bits per heavy atom. The van der Waals surface area contributed by atoms with Crippen molar-refractivity contribution in [3.05, 3.63) is 94.0 Å². The van der Waals surface area contributed by atoms with E-state index in [-0.39, 0.29) is 47.2 Å². The monoisotopic (exact) mass is 580 g/mol. The number of aromatic carboxylic acids is 1. The number of carboxylic acids is 2. The summed E-state index contributed by atoms with van der Waals surface area (Å²) in [4.78, 5) is 49.1. The number of esters is 1. The number of anilines is 1. The van der Waals surface area contributed by atoms with Crippen LogP contribution < -0.4 is 15.5 Å². The van der Waals surface area contributed by atoms with Crippen molar-refractivity contribution < 1.29 is 34.1 Å². The van der Waals surface area contributed by atoms with Gasteiger partial charge >= 0.3 is 17.9 Å². The van der Waals surface area contributed by atoms with Crippen molar-refractivity contribution in [2.45, 2.75) is 12.8 Å². The number of carbonyl (C=O) groups is 4. The molecule has 0 aliphatic carbocycles. The Kier molecular flexibility index (Phi) is 10.5. The van der Waals surface area contributed by atoms with E-state index < -0.39 is 30.4 Å². The van der Waals surface area contributed by atoms with Crippen molar-refractivity contribution in [2.24, 2.45) is 5.22 Å². The minimum Gasteiger partial charge on any atom is -0.480 e. The Hall–Kier alpha value is -5.30. The van der Waals surface area contributed by atoms with Gasteiger partial charge in [-0.2, -0.15) is 5.53 Å². The minimum atomic E-state index is -1.20. The highest BCUT2D eigenvalue weighted by Gasteiger charge is 2.19. The van der Waals surface area contributed by atoms with E-state index in [1.807, 2.05) is 0 Å². The first-order valence-electron chi connectivity index (χ1n) is 12.0. The second kappa shape index (κ2) is 14.2. The van der Waals surface area contributed by atoms with Crippen LogP contribution in [0, 0.1) is 10.9 Å². The fraction of sp³-hybridized carbons (Fsp3) is 0.148. The van der Waals surface area contributed by atoms with E-state index in [2.05, 4.69) is 16.0 Å². The first kappa shape index (κ1) is 30.2. The third-order valence-corrected chi connectivity index (χ3v) is 6.00. The molecule has 14 heteroatoms. The van der Waals surface area contributed by atoms with Crippen LogP contribution in [0.3, 0.4) is 0 Å². The van der Waals surface area contributed by atoms with Crippen LogP contribution in [0.2, 0.25) is 5.02 Å². The molecule has 0 saturated carbocycles. The van der Waals surface area contributed by atoms with Crippen molar-refractivity contribution in [1.82, 2.24) is 10.3 Å². The topological polar surface area (TPSA) is 205 Å². The van der Waals surface area contributed by atoms with E-state index in [9.17, 15) is 24.3 Å². The molecule has 41 heavy (non-hydrogen) atoms. The molecule has 0 atom stereocenters. The first-order valence-corrected chi connectivity index (χ1v) is 12.3. The average molecular weight is 581 g/mol. The molecule has 0 heterocycles. The Labute approximate surface area is 238 Å². The van der Waals surface area contributed by atoms with Gasteiger partial charge in [-0.3, -0.25) is 15.0 Å². The summed E-state index contributed by atoms with van der Waals surface area (Å²) >= 11 is 6.38. The summed E-state index contributed by atoms with van der Waals surface area (Å²) in [7, 11) is 0. The molecule has 0 unspecified atom stereocenters. The molecule has 3 aromatic carbocycles. The fourth-order valence-corrected chi connectivity index (χ4v) is 3.95. The van der Waals surface area contributed by atoms with Gasteiger partial charge in [0.05, 0.1) is 17.5 Å². The number of amides is 1. The number of hydrogen-bond donors (Lipinski definition) is 6. The molecular weight excluding hydrogens is 556 g/mol. The van der Waals surface area contributed by atoms with Crippen LogP contribution in [-0.2, 0) is 22.4 Å². The molecule has 0 bridgehead atoms. The van der Waals surface area contributed by atoms with Crippen LogP contribution in [0.5, 0.6) is 5.75 Å². The number of carbonyl (C=O) groups excluding carboxylic acids is 2. The Morgan fingerprint density at radius 1 is 0.976 bits per heavy atom. The van der Waals surface area contributed by atoms with Crippen molar-refractivity contribution in [1.29, 1.82) is 10.9 Å². The molecule has 13 nitrogen and oxygen atoms in total. The van der Waals surface area contributed by atoms with Crippen molar-refractivity contribution in [3.63, 3.8) is 0 Å². The standard InChI is InChI=1S/C27H25ClN6O7/c28-22-14-21(41-26(40)18-4-7-20(8-5-18)31-27(29)32-33-30)9-6-17(22)10-11-34(15-24(36)37)23(35)13-16-2-1-3-19(12-16)25(38)39/h1-9,12,14H,10-11,13,15H2,(H,36,37)(H,38,39)(H4,29,30,31,32). The van der Waals surface area contributed by atoms with Crippen LogP contribution >= 0.6 is 11.6 Å². The lowest BCUT2D eigenvalue weighted by molar-refractivity contribution is -0.144. The molecule has 6 N–H and O–H groups in total. The van der Waals surface area contributed by atoms with Crippen LogP contribution in [0.1, 0.15) is 31.8 Å². The first-order chi connectivity index (χ1) is 19.5. The largest absolute Gasteiger partial charge is 0.480 e. The third kappa shape index (κ3) is 9.14. The van der Waals surface area contributed by atoms with Gasteiger partial charge in [0.1, 0.15) is 12.3 Å². The number of ether oxygens (including phenoxy) is 1. The summed E-state index contributed by atoms with van der Waals surface area (Å²) in [5.74, 6) is -3.52. The second-order valence-corrected chi connectivity index (χ2v) is 8.99. The van der Waals surface area contributed by atoms with Crippen molar-refractivity contribution in [2.75, 3.05) is 18.4 Å². The predicted molar refractivity (Wildman–Crippen MR) is 148 cm³/mol. The maximum absolute atomic E-state index is 12.8. The molecule has 0 aliphatic heterocycles. The van der Waals surface area contributed by atoms with Gasteiger partial charge in [-0.15, -0.1) is 0 Å². The van der Waals surface area contributed by atoms with Gasteiger partial charge in [-0.05, 0) is 66.1 Å². The summed E-state index contributed by atoms with van der Waals surface area (Å²) < 4.78 is 5.38. The number of nitrogens with zero attached hydrogens (tertiary/aromatic N) is 2. The highest BCUT2D eigenvalue weighted by Crippen LogP contribution is 2.24. The second-order valence-electron chi connectivity index (χ2n) is 8.59. The molecule has 3 aromatic rings. The summed E-state index contributed by atoms with van der Waals surface area (Å²) in [6.07, 6.45) is 0.0432. The highest BCUT2D eigenvalue weighted by atomic mass is 35.5. The molecule has 1 amide bonds. The Bertz CT molecular complexity index is 1480. The van der Waals surface area contributed by atoms with Crippen molar-refractivity contribution in [3.8, 4) is 5.75 Å². The summed E-state index contributed by atoms with van der Waals surface area (Å²) in [5.41, 5.74) is 10.6. The normalized spacial score (nSPS) is 10.3. The predicted octanol–water partition coefficient (Wildman–Crippen LogP) is 3.84. The van der Waals surface area contributed by atoms with Crippen LogP contribution in [0.4, 0.5) is 5.69 Å². The smallest absolute Gasteiger partial charge is 0.343 e. The maximum Gasteiger partial charge on any atom is 0.343 e. The molecule has 0 saturated heterocycles. The van der Waals surface area contributed by atoms with E-state index in [1.54, 1.807) is 24.3 Å². The van der Waals surface area contributed by atoms with Gasteiger partial charge in [0.2, 0.25) is 11.9 Å². The number of halogens is 1. The van der Waals surface area contributed by atoms with E-state index in [0.717, 1.165) is 4.90 Å². The molecule has 3 rings (SSSR count). The highest BCUT2D eigenvalue weighted by molar-refractivity contribution is 6.31. The SMILES string of the molecule is N=NNC(=N)Nc1ccc(C(=O)Oc2ccc(CCN(CC(=O)O)C(=O)Cc3cccc(C(=O)O)c3)c(Cl)c2)cc1. The maximum atomic E-state index is 12.8. The minimum absolute atomic E-state index is 0.0218. The number of guanidine groups is 1.